The summed E-state index contributed by atoms with van der Waals surface area (Å²) in [5.74, 6) is 0.572. The lowest BCUT2D eigenvalue weighted by molar-refractivity contribution is -0.120. The molecule has 1 aromatic carbocycles. The maximum Gasteiger partial charge on any atom is 0.234 e. The highest BCUT2D eigenvalue weighted by molar-refractivity contribution is 5.78. The molecule has 106 valence electrons. The number of nitrogens with one attached hydrogen (secondary N) is 2. The Labute approximate surface area is 116 Å². The van der Waals surface area contributed by atoms with Crippen LogP contribution in [0.15, 0.2) is 24.3 Å². The average Bonchev–Trinajstić information content (AvgIpc) is 2.33. The number of hydrogen-bond acceptors (Lipinski definition) is 2. The van der Waals surface area contributed by atoms with E-state index in [1.165, 1.54) is 5.56 Å². The minimum Gasteiger partial charge on any atom is -0.351 e. The van der Waals surface area contributed by atoms with Crippen molar-refractivity contribution in [3.63, 3.8) is 0 Å². The van der Waals surface area contributed by atoms with Gasteiger partial charge in [-0.2, -0.15) is 0 Å². The van der Waals surface area contributed by atoms with Gasteiger partial charge < -0.3 is 10.6 Å². The molecule has 0 aliphatic heterocycles. The van der Waals surface area contributed by atoms with Gasteiger partial charge in [0.05, 0.1) is 6.54 Å². The summed E-state index contributed by atoms with van der Waals surface area (Å²) in [5.41, 5.74) is 2.42. The Kier molecular flexibility index (Phi) is 5.55. The summed E-state index contributed by atoms with van der Waals surface area (Å²) in [5, 5.41) is 6.09. The smallest absolute Gasteiger partial charge is 0.234 e. The number of amides is 1. The molecule has 0 aromatic heterocycles. The van der Waals surface area contributed by atoms with Gasteiger partial charge in [-0.1, -0.05) is 38.1 Å². The van der Waals surface area contributed by atoms with Crippen molar-refractivity contribution in [3.8, 4) is 0 Å². The lowest BCUT2D eigenvalue weighted by Gasteiger charge is -2.20. The summed E-state index contributed by atoms with van der Waals surface area (Å²) < 4.78 is 0. The van der Waals surface area contributed by atoms with E-state index in [2.05, 4.69) is 48.7 Å². The third kappa shape index (κ3) is 6.39. The second-order valence-electron chi connectivity index (χ2n) is 6.28. The van der Waals surface area contributed by atoms with Crippen LogP contribution in [0.25, 0.3) is 0 Å². The van der Waals surface area contributed by atoms with E-state index in [0.717, 1.165) is 5.56 Å². The van der Waals surface area contributed by atoms with Crippen LogP contribution in [0.1, 0.15) is 51.7 Å². The van der Waals surface area contributed by atoms with E-state index >= 15 is 0 Å². The van der Waals surface area contributed by atoms with Gasteiger partial charge in [0.15, 0.2) is 0 Å². The fraction of sp³-hybridized carbons (Fsp3) is 0.562. The monoisotopic (exact) mass is 262 g/mol. The lowest BCUT2D eigenvalue weighted by Crippen LogP contribution is -2.43. The van der Waals surface area contributed by atoms with Crippen LogP contribution in [-0.2, 0) is 11.3 Å². The highest BCUT2D eigenvalue weighted by Crippen LogP contribution is 2.14. The first-order valence-corrected chi connectivity index (χ1v) is 6.88. The van der Waals surface area contributed by atoms with Gasteiger partial charge in [0.2, 0.25) is 5.91 Å². The SMILES string of the molecule is CC(C)c1ccc(CNC(=O)CNC(C)(C)C)cc1. The molecule has 0 saturated heterocycles. The molecule has 3 heteroatoms. The van der Waals surface area contributed by atoms with E-state index in [-0.39, 0.29) is 11.4 Å². The molecule has 3 nitrogen and oxygen atoms in total. The molecule has 0 bridgehead atoms. The molecule has 1 rings (SSSR count). The normalized spacial score (nSPS) is 11.7. The highest BCUT2D eigenvalue weighted by atomic mass is 16.1. The first-order chi connectivity index (χ1) is 8.78. The van der Waals surface area contributed by atoms with Crippen molar-refractivity contribution in [1.82, 2.24) is 10.6 Å². The van der Waals surface area contributed by atoms with Gasteiger partial charge in [-0.3, -0.25) is 4.79 Å². The number of carbonyl (C=O) groups is 1. The summed E-state index contributed by atoms with van der Waals surface area (Å²) in [6.45, 7) is 11.4. The maximum atomic E-state index is 11.7. The fourth-order valence-electron chi connectivity index (χ4n) is 1.63. The van der Waals surface area contributed by atoms with Crippen LogP contribution < -0.4 is 10.6 Å². The fourth-order valence-corrected chi connectivity index (χ4v) is 1.63. The molecule has 0 heterocycles. The largest absolute Gasteiger partial charge is 0.351 e. The van der Waals surface area contributed by atoms with E-state index in [0.29, 0.717) is 19.0 Å². The number of rotatable bonds is 5. The van der Waals surface area contributed by atoms with Crippen molar-refractivity contribution in [2.45, 2.75) is 52.6 Å². The molecular weight excluding hydrogens is 236 g/mol. The van der Waals surface area contributed by atoms with Crippen LogP contribution in [0.4, 0.5) is 0 Å². The molecule has 1 amide bonds. The molecular formula is C16H26N2O. The third-order valence-corrected chi connectivity index (χ3v) is 2.92. The molecule has 0 saturated carbocycles. The van der Waals surface area contributed by atoms with Crippen LogP contribution >= 0.6 is 0 Å². The topological polar surface area (TPSA) is 41.1 Å². The van der Waals surface area contributed by atoms with Crippen molar-refractivity contribution in [1.29, 1.82) is 0 Å². The van der Waals surface area contributed by atoms with Crippen molar-refractivity contribution in [2.75, 3.05) is 6.54 Å². The summed E-state index contributed by atoms with van der Waals surface area (Å²) in [6.07, 6.45) is 0. The van der Waals surface area contributed by atoms with Gasteiger partial charge in [-0.25, -0.2) is 0 Å². The maximum absolute atomic E-state index is 11.7. The Morgan fingerprint density at radius 1 is 1.16 bits per heavy atom. The summed E-state index contributed by atoms with van der Waals surface area (Å²) in [6, 6.07) is 8.40. The van der Waals surface area contributed by atoms with E-state index in [9.17, 15) is 4.79 Å². The number of hydrogen-bond donors (Lipinski definition) is 2. The minimum absolute atomic E-state index is 0.0304. The van der Waals surface area contributed by atoms with Crippen molar-refractivity contribution >= 4 is 5.91 Å². The van der Waals surface area contributed by atoms with Crippen LogP contribution in [0.2, 0.25) is 0 Å². The first kappa shape index (κ1) is 15.7. The standard InChI is InChI=1S/C16H26N2O/c1-12(2)14-8-6-13(7-9-14)10-17-15(19)11-18-16(3,4)5/h6-9,12,18H,10-11H2,1-5H3,(H,17,19). The molecule has 2 N–H and O–H groups in total. The van der Waals surface area contributed by atoms with Gasteiger partial charge in [-0.05, 0) is 37.8 Å². The minimum atomic E-state index is -0.0315. The van der Waals surface area contributed by atoms with Crippen molar-refractivity contribution < 1.29 is 4.79 Å². The Morgan fingerprint density at radius 3 is 2.21 bits per heavy atom. The molecule has 0 fully saturated rings. The number of benzene rings is 1. The predicted octanol–water partition coefficient (Wildman–Crippen LogP) is 2.81. The zero-order valence-corrected chi connectivity index (χ0v) is 12.7. The van der Waals surface area contributed by atoms with Gasteiger partial charge in [-0.15, -0.1) is 0 Å². The van der Waals surface area contributed by atoms with Gasteiger partial charge in [0.1, 0.15) is 0 Å². The molecule has 0 aliphatic carbocycles. The third-order valence-electron chi connectivity index (χ3n) is 2.92. The van der Waals surface area contributed by atoms with E-state index in [4.69, 9.17) is 0 Å². The second-order valence-corrected chi connectivity index (χ2v) is 6.28. The molecule has 19 heavy (non-hydrogen) atoms. The zero-order chi connectivity index (χ0) is 14.5. The predicted molar refractivity (Wildman–Crippen MR) is 80.1 cm³/mol. The van der Waals surface area contributed by atoms with Crippen molar-refractivity contribution in [2.24, 2.45) is 0 Å². The van der Waals surface area contributed by atoms with E-state index < -0.39 is 0 Å². The lowest BCUT2D eigenvalue weighted by atomic mass is 10.0. The molecule has 0 atom stereocenters. The molecule has 0 spiro atoms. The molecule has 0 aliphatic rings. The second kappa shape index (κ2) is 6.71. The van der Waals surface area contributed by atoms with Crippen LogP contribution in [0.3, 0.4) is 0 Å². The van der Waals surface area contributed by atoms with E-state index in [1.807, 2.05) is 20.8 Å². The van der Waals surface area contributed by atoms with E-state index in [1.54, 1.807) is 0 Å². The van der Waals surface area contributed by atoms with Gasteiger partial charge in [0.25, 0.3) is 0 Å². The van der Waals surface area contributed by atoms with Gasteiger partial charge >= 0.3 is 0 Å². The molecule has 1 aromatic rings. The summed E-state index contributed by atoms with van der Waals surface area (Å²) >= 11 is 0. The summed E-state index contributed by atoms with van der Waals surface area (Å²) in [4.78, 5) is 11.7. The Hall–Kier alpha value is -1.35. The van der Waals surface area contributed by atoms with Crippen LogP contribution in [-0.4, -0.2) is 18.0 Å². The first-order valence-electron chi connectivity index (χ1n) is 6.88. The zero-order valence-electron chi connectivity index (χ0n) is 12.7. The van der Waals surface area contributed by atoms with Gasteiger partial charge in [0, 0.05) is 12.1 Å². The number of carbonyl (C=O) groups excluding carboxylic acids is 1. The Morgan fingerprint density at radius 2 is 1.74 bits per heavy atom. The quantitative estimate of drug-likeness (QED) is 0.856. The Balaban J connectivity index is 2.38. The Bertz CT molecular complexity index is 402. The highest BCUT2D eigenvalue weighted by Gasteiger charge is 2.10. The van der Waals surface area contributed by atoms with Crippen LogP contribution in [0.5, 0.6) is 0 Å². The summed E-state index contributed by atoms with van der Waals surface area (Å²) in [7, 11) is 0. The van der Waals surface area contributed by atoms with Crippen LogP contribution in [0, 0.1) is 0 Å². The van der Waals surface area contributed by atoms with Crippen molar-refractivity contribution in [3.05, 3.63) is 35.4 Å². The molecule has 0 unspecified atom stereocenters. The molecule has 0 radical (unpaired) electrons. The average molecular weight is 262 g/mol.